The van der Waals surface area contributed by atoms with Crippen molar-refractivity contribution in [1.29, 1.82) is 0 Å². The fourth-order valence-electron chi connectivity index (χ4n) is 4.90. The third-order valence-electron chi connectivity index (χ3n) is 7.76. The van der Waals surface area contributed by atoms with Crippen LogP contribution in [0.2, 0.25) is 0 Å². The van der Waals surface area contributed by atoms with Gasteiger partial charge in [0.05, 0.1) is 19.3 Å². The molecule has 0 aromatic carbocycles. The van der Waals surface area contributed by atoms with Gasteiger partial charge in [-0.2, -0.15) is 0 Å². The van der Waals surface area contributed by atoms with Crippen LogP contribution in [-0.2, 0) is 38.1 Å². The summed E-state index contributed by atoms with van der Waals surface area (Å²) in [4.78, 5) is 48.3. The molecular weight excluding hydrogens is 616 g/mol. The van der Waals surface area contributed by atoms with Crippen LogP contribution in [0.3, 0.4) is 0 Å². The molecular formula is C29H50N2O15. The van der Waals surface area contributed by atoms with Gasteiger partial charge >= 0.3 is 0 Å². The van der Waals surface area contributed by atoms with E-state index in [0.717, 1.165) is 0 Å². The molecule has 0 spiro atoms. The van der Waals surface area contributed by atoms with Crippen LogP contribution in [0.25, 0.3) is 0 Å². The lowest BCUT2D eigenvalue weighted by Gasteiger charge is -2.39. The molecule has 0 bridgehead atoms. The number of nitrogens with one attached hydrogen (secondary N) is 2. The number of Topliss-reactive ketones (excluding diaryl/α,β-unsaturated/α-hetero) is 2. The Morgan fingerprint density at radius 2 is 1.33 bits per heavy atom. The molecule has 266 valence electrons. The molecule has 17 heteroatoms. The van der Waals surface area contributed by atoms with E-state index in [1.807, 2.05) is 0 Å². The van der Waals surface area contributed by atoms with E-state index in [2.05, 4.69) is 10.6 Å². The zero-order valence-electron chi connectivity index (χ0n) is 26.1. The lowest BCUT2D eigenvalue weighted by molar-refractivity contribution is -0.301. The molecule has 2 heterocycles. The summed E-state index contributed by atoms with van der Waals surface area (Å²) in [5, 5.41) is 73.0. The fourth-order valence-corrected chi connectivity index (χ4v) is 4.90. The largest absolute Gasteiger partial charge is 0.394 e. The van der Waals surface area contributed by atoms with Crippen molar-refractivity contribution in [2.45, 2.75) is 126 Å². The van der Waals surface area contributed by atoms with Gasteiger partial charge in [-0.25, -0.2) is 0 Å². The van der Waals surface area contributed by atoms with E-state index >= 15 is 0 Å². The van der Waals surface area contributed by atoms with E-state index in [0.29, 0.717) is 51.5 Å². The van der Waals surface area contributed by atoms with Crippen molar-refractivity contribution in [2.24, 2.45) is 0 Å². The second-order valence-corrected chi connectivity index (χ2v) is 11.4. The van der Waals surface area contributed by atoms with Crippen LogP contribution >= 0.6 is 0 Å². The first-order chi connectivity index (χ1) is 21.9. The number of ketones is 2. The first-order valence-electron chi connectivity index (χ1n) is 15.7. The zero-order valence-corrected chi connectivity index (χ0v) is 26.1. The molecule has 2 rings (SSSR count). The second-order valence-electron chi connectivity index (χ2n) is 11.4. The number of aliphatic hydroxyl groups is 7. The lowest BCUT2D eigenvalue weighted by Crippen LogP contribution is -2.59. The number of aliphatic hydroxyl groups excluding tert-OH is 7. The van der Waals surface area contributed by atoms with Crippen molar-refractivity contribution in [2.75, 3.05) is 33.0 Å². The first-order valence-corrected chi connectivity index (χ1v) is 15.7. The standard InChI is InChI=1S/C29H50N2O15/c1-16(34)17(31-21(36)10-4-7-13-44-29-27(42)25(40)23(38)19(15-33)46-29)8-2-5-11-30-20(35)9-3-6-12-43-28-26(41)24(39)22(37)18(14-32)45-28/h17-19,22-23,25-29,32-33,37-38,40-42H,2-15H2,1H3,(H,30,35)(H,31,36)/t17-,18?,19?,22?,23?,25?,26?,27?,28?,29?/m1/s1. The zero-order chi connectivity index (χ0) is 34.2. The normalized spacial score (nSPS) is 30.5. The monoisotopic (exact) mass is 666 g/mol. The van der Waals surface area contributed by atoms with Crippen LogP contribution in [0.1, 0.15) is 64.7 Å². The molecule has 0 aromatic heterocycles. The highest BCUT2D eigenvalue weighted by molar-refractivity contribution is 5.88. The maximum absolute atomic E-state index is 12.3. The van der Waals surface area contributed by atoms with E-state index in [4.69, 9.17) is 18.9 Å². The van der Waals surface area contributed by atoms with E-state index in [1.54, 1.807) is 0 Å². The molecule has 2 fully saturated rings. The second kappa shape index (κ2) is 20.9. The van der Waals surface area contributed by atoms with Crippen LogP contribution in [0.4, 0.5) is 0 Å². The lowest BCUT2D eigenvalue weighted by atomic mass is 9.99. The Kier molecular flexibility index (Phi) is 18.2. The minimum Gasteiger partial charge on any atom is -0.394 e. The number of rotatable bonds is 21. The number of carbonyl (C=O) groups is 4. The number of ether oxygens (including phenoxy) is 4. The van der Waals surface area contributed by atoms with Crippen molar-refractivity contribution in [1.82, 2.24) is 10.6 Å². The topological polar surface area (TPSA) is 271 Å². The molecule has 0 aromatic rings. The van der Waals surface area contributed by atoms with Gasteiger partial charge in [-0.3, -0.25) is 19.2 Å². The van der Waals surface area contributed by atoms with Gasteiger partial charge in [0.15, 0.2) is 30.3 Å². The Morgan fingerprint density at radius 1 is 0.739 bits per heavy atom. The van der Waals surface area contributed by atoms with Crippen LogP contribution < -0.4 is 10.6 Å². The van der Waals surface area contributed by atoms with Gasteiger partial charge < -0.3 is 65.3 Å². The van der Waals surface area contributed by atoms with Gasteiger partial charge in [0.2, 0.25) is 11.8 Å². The Balaban J connectivity index is 1.52. The fraction of sp³-hybridized carbons (Fsp3) is 0.862. The van der Waals surface area contributed by atoms with Crippen LogP contribution in [0.15, 0.2) is 0 Å². The van der Waals surface area contributed by atoms with Gasteiger partial charge in [0, 0.05) is 32.6 Å². The molecule has 2 aliphatic rings. The molecule has 2 saturated heterocycles. The Labute approximate surface area is 267 Å². The highest BCUT2D eigenvalue weighted by Gasteiger charge is 2.44. The number of unbranched alkanes of at least 4 members (excludes halogenated alkanes) is 3. The molecule has 0 radical (unpaired) electrons. The average molecular weight is 667 g/mol. The predicted octanol–water partition coefficient (Wildman–Crippen LogP) is -3.47. The van der Waals surface area contributed by atoms with Gasteiger partial charge in [-0.15, -0.1) is 0 Å². The highest BCUT2D eigenvalue weighted by Crippen LogP contribution is 2.22. The van der Waals surface area contributed by atoms with E-state index in [1.165, 1.54) is 6.92 Å². The molecule has 0 saturated carbocycles. The van der Waals surface area contributed by atoms with E-state index in [-0.39, 0.29) is 43.7 Å². The third kappa shape index (κ3) is 12.8. The molecule has 9 N–H and O–H groups in total. The first kappa shape index (κ1) is 40.0. The third-order valence-corrected chi connectivity index (χ3v) is 7.76. The molecule has 9 unspecified atom stereocenters. The predicted molar refractivity (Wildman–Crippen MR) is 156 cm³/mol. The summed E-state index contributed by atoms with van der Waals surface area (Å²) in [6.07, 6.45) is -8.95. The maximum Gasteiger partial charge on any atom is 0.220 e. The number of carbonyl (C=O) groups excluding carboxylic acids is 4. The smallest absolute Gasteiger partial charge is 0.220 e. The van der Waals surface area contributed by atoms with E-state index in [9.17, 15) is 54.9 Å². The Hall–Kier alpha value is -2.16. The number of hydrogen-bond donors (Lipinski definition) is 9. The molecule has 2 amide bonds. The maximum atomic E-state index is 12.3. The summed E-state index contributed by atoms with van der Waals surface area (Å²) in [5.74, 6) is -1.57. The number of hydrogen-bond acceptors (Lipinski definition) is 15. The average Bonchev–Trinajstić information content (AvgIpc) is 3.03. The van der Waals surface area contributed by atoms with Crippen molar-refractivity contribution in [3.8, 4) is 0 Å². The number of amides is 2. The van der Waals surface area contributed by atoms with Crippen molar-refractivity contribution >= 4 is 23.4 Å². The highest BCUT2D eigenvalue weighted by atomic mass is 16.7. The summed E-state index contributed by atoms with van der Waals surface area (Å²) in [6, 6.07) is -0.661. The van der Waals surface area contributed by atoms with Crippen molar-refractivity contribution in [3.63, 3.8) is 0 Å². The molecule has 46 heavy (non-hydrogen) atoms. The van der Waals surface area contributed by atoms with Crippen LogP contribution in [0.5, 0.6) is 0 Å². The summed E-state index contributed by atoms with van der Waals surface area (Å²) in [5.41, 5.74) is 0. The van der Waals surface area contributed by atoms with Crippen LogP contribution in [-0.4, -0.2) is 153 Å². The van der Waals surface area contributed by atoms with Gasteiger partial charge in [-0.1, -0.05) is 0 Å². The van der Waals surface area contributed by atoms with Crippen LogP contribution in [0, 0.1) is 0 Å². The molecule has 17 nitrogen and oxygen atoms in total. The van der Waals surface area contributed by atoms with E-state index < -0.39 is 80.3 Å². The van der Waals surface area contributed by atoms with Gasteiger partial charge in [-0.05, 0) is 51.9 Å². The minimum absolute atomic E-state index is 0.0879. The van der Waals surface area contributed by atoms with Gasteiger partial charge in [0.1, 0.15) is 36.6 Å². The summed E-state index contributed by atoms with van der Waals surface area (Å²) >= 11 is 0. The van der Waals surface area contributed by atoms with Gasteiger partial charge in [0.25, 0.3) is 0 Å². The van der Waals surface area contributed by atoms with Crippen molar-refractivity contribution < 1.29 is 73.9 Å². The molecule has 2 aliphatic heterocycles. The summed E-state index contributed by atoms with van der Waals surface area (Å²) in [7, 11) is 0. The minimum atomic E-state index is -1.67. The Morgan fingerprint density at radius 3 is 1.93 bits per heavy atom. The quantitative estimate of drug-likeness (QED) is 0.0539. The molecule has 10 atom stereocenters. The Bertz CT molecular complexity index is 954. The SMILES string of the molecule is CC(=O)[C@@H](CCCCNC(=O)CCCCOC1OC(CO)C(O)C(=O)C1O)NC(=O)CCCCOC1OC(CO)C(O)C(O)C1O. The summed E-state index contributed by atoms with van der Waals surface area (Å²) < 4.78 is 21.2. The van der Waals surface area contributed by atoms with Crippen molar-refractivity contribution in [3.05, 3.63) is 0 Å². The molecule has 0 aliphatic carbocycles. The summed E-state index contributed by atoms with van der Waals surface area (Å²) in [6.45, 7) is 0.777.